The molecule has 0 aliphatic rings. The molecule has 0 bridgehead atoms. The molecule has 1 atom stereocenters. The Labute approximate surface area is 181 Å². The van der Waals surface area contributed by atoms with E-state index in [-0.39, 0.29) is 23.9 Å². The summed E-state index contributed by atoms with van der Waals surface area (Å²) in [6.45, 7) is 2.01. The lowest BCUT2D eigenvalue weighted by molar-refractivity contribution is -0.116. The van der Waals surface area contributed by atoms with Crippen molar-refractivity contribution in [1.82, 2.24) is 9.38 Å². The average molecular weight is 417 g/mol. The van der Waals surface area contributed by atoms with Crippen LogP contribution in [0.15, 0.2) is 73.1 Å². The standard InChI is InChI=1S/C25H25FN4O/c1-17-7-6-14-30-23(16-27-25(17)30)20(18-10-12-19(13-11-18)29(2)3)15-24(31)28-22-9-5-4-8-21(22)26/h4-14,16,20H,15H2,1-3H3,(H,28,31). The van der Waals surface area contributed by atoms with Gasteiger partial charge in [-0.2, -0.15) is 0 Å². The maximum absolute atomic E-state index is 14.0. The fraction of sp³-hybridized carbons (Fsp3) is 0.200. The van der Waals surface area contributed by atoms with Gasteiger partial charge in [-0.3, -0.25) is 4.79 Å². The summed E-state index contributed by atoms with van der Waals surface area (Å²) < 4.78 is 16.0. The molecule has 4 rings (SSSR count). The van der Waals surface area contributed by atoms with E-state index in [4.69, 9.17) is 0 Å². The van der Waals surface area contributed by atoms with E-state index in [9.17, 15) is 9.18 Å². The number of pyridine rings is 1. The van der Waals surface area contributed by atoms with Crippen LogP contribution < -0.4 is 10.2 Å². The third kappa shape index (κ3) is 4.28. The van der Waals surface area contributed by atoms with Gasteiger partial charge in [0.05, 0.1) is 11.4 Å². The van der Waals surface area contributed by atoms with Crippen molar-refractivity contribution in [2.45, 2.75) is 19.3 Å². The Hall–Kier alpha value is -3.67. The van der Waals surface area contributed by atoms with Gasteiger partial charge in [0.1, 0.15) is 11.5 Å². The van der Waals surface area contributed by atoms with E-state index in [1.165, 1.54) is 6.07 Å². The van der Waals surface area contributed by atoms with Crippen LogP contribution in [-0.2, 0) is 4.79 Å². The van der Waals surface area contributed by atoms with Crippen molar-refractivity contribution in [3.8, 4) is 0 Å². The van der Waals surface area contributed by atoms with E-state index in [2.05, 4.69) is 10.3 Å². The molecule has 1 amide bonds. The van der Waals surface area contributed by atoms with Crippen LogP contribution in [0.2, 0.25) is 0 Å². The number of imidazole rings is 1. The van der Waals surface area contributed by atoms with E-state index >= 15 is 0 Å². The van der Waals surface area contributed by atoms with Crippen molar-refractivity contribution in [3.63, 3.8) is 0 Å². The molecule has 0 radical (unpaired) electrons. The second kappa shape index (κ2) is 8.60. The maximum atomic E-state index is 14.0. The first-order valence-corrected chi connectivity index (χ1v) is 10.2. The zero-order chi connectivity index (χ0) is 22.0. The number of nitrogens with one attached hydrogen (secondary N) is 1. The van der Waals surface area contributed by atoms with Crippen molar-refractivity contribution < 1.29 is 9.18 Å². The third-order valence-corrected chi connectivity index (χ3v) is 5.47. The molecule has 1 N–H and O–H groups in total. The highest BCUT2D eigenvalue weighted by Crippen LogP contribution is 2.31. The fourth-order valence-corrected chi connectivity index (χ4v) is 3.78. The van der Waals surface area contributed by atoms with Crippen molar-refractivity contribution in [1.29, 1.82) is 0 Å². The van der Waals surface area contributed by atoms with Crippen molar-refractivity contribution in [2.75, 3.05) is 24.3 Å². The number of aromatic nitrogens is 2. The third-order valence-electron chi connectivity index (χ3n) is 5.47. The fourth-order valence-electron chi connectivity index (χ4n) is 3.78. The van der Waals surface area contributed by atoms with Gasteiger partial charge in [0, 0.05) is 44.5 Å². The van der Waals surface area contributed by atoms with E-state index < -0.39 is 5.82 Å². The number of rotatable bonds is 6. The lowest BCUT2D eigenvalue weighted by atomic mass is 9.92. The molecule has 0 aliphatic carbocycles. The number of halogens is 1. The van der Waals surface area contributed by atoms with Crippen LogP contribution in [0.25, 0.3) is 5.65 Å². The maximum Gasteiger partial charge on any atom is 0.225 e. The highest BCUT2D eigenvalue weighted by Gasteiger charge is 2.23. The molecule has 1 unspecified atom stereocenters. The number of carbonyl (C=O) groups excluding carboxylic acids is 1. The van der Waals surface area contributed by atoms with Crippen LogP contribution in [-0.4, -0.2) is 29.4 Å². The molecule has 31 heavy (non-hydrogen) atoms. The minimum absolute atomic E-state index is 0.164. The lowest BCUT2D eigenvalue weighted by Crippen LogP contribution is -2.18. The molecule has 158 valence electrons. The number of fused-ring (bicyclic) bond motifs is 1. The highest BCUT2D eigenvalue weighted by molar-refractivity contribution is 5.91. The molecule has 0 fully saturated rings. The van der Waals surface area contributed by atoms with Gasteiger partial charge in [0.15, 0.2) is 0 Å². The van der Waals surface area contributed by atoms with Crippen LogP contribution in [0, 0.1) is 12.7 Å². The monoisotopic (exact) mass is 416 g/mol. The number of aryl methyl sites for hydroxylation is 1. The molecule has 2 aromatic heterocycles. The Bertz CT molecular complexity index is 1210. The number of nitrogens with zero attached hydrogens (tertiary/aromatic N) is 3. The van der Waals surface area contributed by atoms with Crippen molar-refractivity contribution in [3.05, 3.63) is 95.7 Å². The van der Waals surface area contributed by atoms with Gasteiger partial charge in [-0.25, -0.2) is 9.37 Å². The number of amides is 1. The van der Waals surface area contributed by atoms with E-state index in [1.807, 2.05) is 79.1 Å². The lowest BCUT2D eigenvalue weighted by Gasteiger charge is -2.19. The molecule has 0 saturated heterocycles. The van der Waals surface area contributed by atoms with Gasteiger partial charge in [-0.05, 0) is 48.4 Å². The highest BCUT2D eigenvalue weighted by atomic mass is 19.1. The number of benzene rings is 2. The minimum atomic E-state index is -0.451. The zero-order valence-corrected chi connectivity index (χ0v) is 17.8. The zero-order valence-electron chi connectivity index (χ0n) is 17.8. The molecular weight excluding hydrogens is 391 g/mol. The molecule has 5 nitrogen and oxygen atoms in total. The van der Waals surface area contributed by atoms with Crippen LogP contribution in [0.1, 0.15) is 29.2 Å². The Balaban J connectivity index is 1.71. The van der Waals surface area contributed by atoms with Crippen LogP contribution >= 0.6 is 0 Å². The summed E-state index contributed by atoms with van der Waals surface area (Å²) in [5.41, 5.74) is 5.10. The van der Waals surface area contributed by atoms with Gasteiger partial charge in [0.2, 0.25) is 5.91 Å². The molecule has 0 aliphatic heterocycles. The summed E-state index contributed by atoms with van der Waals surface area (Å²) in [5.74, 6) is -0.942. The van der Waals surface area contributed by atoms with Gasteiger partial charge >= 0.3 is 0 Å². The number of anilines is 2. The average Bonchev–Trinajstić information content (AvgIpc) is 3.19. The molecule has 0 saturated carbocycles. The summed E-state index contributed by atoms with van der Waals surface area (Å²) >= 11 is 0. The van der Waals surface area contributed by atoms with Crippen LogP contribution in [0.3, 0.4) is 0 Å². The summed E-state index contributed by atoms with van der Waals surface area (Å²) in [6, 6.07) is 18.3. The molecule has 6 heteroatoms. The number of carbonyl (C=O) groups is 1. The number of hydrogen-bond acceptors (Lipinski definition) is 3. The number of para-hydroxylation sites is 1. The van der Waals surface area contributed by atoms with Crippen molar-refractivity contribution >= 4 is 22.9 Å². The Morgan fingerprint density at radius 1 is 1.10 bits per heavy atom. The first-order chi connectivity index (χ1) is 14.9. The van der Waals surface area contributed by atoms with Crippen LogP contribution in [0.5, 0.6) is 0 Å². The summed E-state index contributed by atoms with van der Waals surface area (Å²) in [5, 5.41) is 2.71. The minimum Gasteiger partial charge on any atom is -0.378 e. The topological polar surface area (TPSA) is 49.6 Å². The van der Waals surface area contributed by atoms with Crippen molar-refractivity contribution in [2.24, 2.45) is 0 Å². The first-order valence-electron chi connectivity index (χ1n) is 10.2. The summed E-state index contributed by atoms with van der Waals surface area (Å²) in [6.07, 6.45) is 3.95. The Morgan fingerprint density at radius 3 is 2.55 bits per heavy atom. The van der Waals surface area contributed by atoms with Gasteiger partial charge < -0.3 is 14.6 Å². The van der Waals surface area contributed by atoms with Crippen LogP contribution in [0.4, 0.5) is 15.8 Å². The van der Waals surface area contributed by atoms with Gasteiger partial charge in [0.25, 0.3) is 0 Å². The summed E-state index contributed by atoms with van der Waals surface area (Å²) in [7, 11) is 3.98. The smallest absolute Gasteiger partial charge is 0.225 e. The predicted octanol–water partition coefficient (Wildman–Crippen LogP) is 5.01. The van der Waals surface area contributed by atoms with Gasteiger partial charge in [-0.1, -0.05) is 30.3 Å². The molecule has 2 heterocycles. The summed E-state index contributed by atoms with van der Waals surface area (Å²) in [4.78, 5) is 19.5. The van der Waals surface area contributed by atoms with E-state index in [0.29, 0.717) is 0 Å². The SMILES string of the molecule is Cc1cccn2c(C(CC(=O)Nc3ccccc3F)c3ccc(N(C)C)cc3)cnc12. The predicted molar refractivity (Wildman–Crippen MR) is 122 cm³/mol. The Morgan fingerprint density at radius 2 is 1.84 bits per heavy atom. The molecule has 4 aromatic rings. The quantitative estimate of drug-likeness (QED) is 0.481. The van der Waals surface area contributed by atoms with Gasteiger partial charge in [-0.15, -0.1) is 0 Å². The van der Waals surface area contributed by atoms with E-state index in [1.54, 1.807) is 18.2 Å². The normalized spacial score (nSPS) is 12.0. The second-order valence-electron chi connectivity index (χ2n) is 7.84. The Kier molecular flexibility index (Phi) is 5.71. The molecule has 2 aromatic carbocycles. The molecular formula is C25H25FN4O. The van der Waals surface area contributed by atoms with E-state index in [0.717, 1.165) is 28.2 Å². The number of hydrogen-bond donors (Lipinski definition) is 1. The first kappa shape index (κ1) is 20.6. The molecule has 0 spiro atoms. The second-order valence-corrected chi connectivity index (χ2v) is 7.84. The largest absolute Gasteiger partial charge is 0.378 e.